The molecule has 0 bridgehead atoms. The molecule has 1 rings (SSSR count). The van der Waals surface area contributed by atoms with Gasteiger partial charge in [-0.1, -0.05) is 49.8 Å². The lowest BCUT2D eigenvalue weighted by Crippen LogP contribution is -2.83. The second kappa shape index (κ2) is 8.25. The maximum Gasteiger partial charge on any atom is 0.0945 e. The number of rotatable bonds is 7. The number of benzene rings is 1. The monoisotopic (exact) mass is 204 g/mol. The first-order chi connectivity index (χ1) is 7.43. The lowest BCUT2D eigenvalue weighted by atomic mass is 10.2. The first-order valence-electron chi connectivity index (χ1n) is 5.96. The van der Waals surface area contributed by atoms with Gasteiger partial charge in [-0.15, -0.1) is 0 Å². The van der Waals surface area contributed by atoms with Crippen LogP contribution in [-0.4, -0.2) is 13.1 Å². The van der Waals surface area contributed by atoms with Crippen LogP contribution in [0, 0.1) is 0 Å². The molecule has 2 N–H and O–H groups in total. The standard InChI is InChI=1S/C14H21N/c1-2-3-7-12-15-13-8-11-14-9-5-4-6-10-14/h4-6,8-11,15H,2-3,7,12-13H2,1H3/p+1/b11-8+. The third kappa shape index (κ3) is 6.08. The van der Waals surface area contributed by atoms with Gasteiger partial charge in [0.05, 0.1) is 13.1 Å². The van der Waals surface area contributed by atoms with Crippen molar-refractivity contribution in [3.8, 4) is 0 Å². The zero-order valence-electron chi connectivity index (χ0n) is 9.65. The van der Waals surface area contributed by atoms with E-state index < -0.39 is 0 Å². The molecule has 0 atom stereocenters. The highest BCUT2D eigenvalue weighted by Gasteiger charge is 1.88. The molecule has 0 aromatic heterocycles. The maximum absolute atomic E-state index is 2.37. The van der Waals surface area contributed by atoms with Crippen LogP contribution in [0.1, 0.15) is 31.7 Å². The summed E-state index contributed by atoms with van der Waals surface area (Å²) in [5.41, 5.74) is 1.29. The van der Waals surface area contributed by atoms with Gasteiger partial charge >= 0.3 is 0 Å². The first-order valence-corrected chi connectivity index (χ1v) is 5.96. The molecule has 0 aliphatic rings. The number of hydrogen-bond acceptors (Lipinski definition) is 0. The fourth-order valence-corrected chi connectivity index (χ4v) is 1.52. The first kappa shape index (κ1) is 12.0. The van der Waals surface area contributed by atoms with Crippen molar-refractivity contribution >= 4 is 6.08 Å². The summed E-state index contributed by atoms with van der Waals surface area (Å²) in [7, 11) is 0. The molecule has 0 spiro atoms. The third-order valence-electron chi connectivity index (χ3n) is 2.42. The van der Waals surface area contributed by atoms with Gasteiger partial charge in [-0.05, 0) is 24.5 Å². The van der Waals surface area contributed by atoms with E-state index in [1.165, 1.54) is 31.4 Å². The van der Waals surface area contributed by atoms with E-state index >= 15 is 0 Å². The Hall–Kier alpha value is -1.08. The van der Waals surface area contributed by atoms with E-state index in [1.54, 1.807) is 0 Å². The summed E-state index contributed by atoms with van der Waals surface area (Å²) in [5, 5.41) is 2.37. The van der Waals surface area contributed by atoms with Gasteiger partial charge in [-0.3, -0.25) is 0 Å². The molecule has 0 unspecified atom stereocenters. The Bertz CT molecular complexity index is 264. The summed E-state index contributed by atoms with van der Waals surface area (Å²) in [5.74, 6) is 0. The molecule has 82 valence electrons. The van der Waals surface area contributed by atoms with Gasteiger partial charge in [-0.2, -0.15) is 0 Å². The van der Waals surface area contributed by atoms with Crippen molar-refractivity contribution in [1.29, 1.82) is 0 Å². The van der Waals surface area contributed by atoms with Crippen LogP contribution in [0.4, 0.5) is 0 Å². The fourth-order valence-electron chi connectivity index (χ4n) is 1.52. The van der Waals surface area contributed by atoms with Crippen LogP contribution in [0.15, 0.2) is 36.4 Å². The summed E-state index contributed by atoms with van der Waals surface area (Å²) in [6, 6.07) is 10.5. The zero-order chi connectivity index (χ0) is 10.8. The summed E-state index contributed by atoms with van der Waals surface area (Å²) >= 11 is 0. The number of hydrogen-bond donors (Lipinski definition) is 1. The minimum Gasteiger partial charge on any atom is -0.343 e. The van der Waals surface area contributed by atoms with Gasteiger partial charge < -0.3 is 5.32 Å². The Labute approximate surface area is 93.2 Å². The van der Waals surface area contributed by atoms with E-state index in [4.69, 9.17) is 0 Å². The minimum atomic E-state index is 1.10. The van der Waals surface area contributed by atoms with Gasteiger partial charge in [0.1, 0.15) is 0 Å². The van der Waals surface area contributed by atoms with Crippen molar-refractivity contribution in [3.05, 3.63) is 42.0 Å². The Morgan fingerprint density at radius 3 is 2.67 bits per heavy atom. The smallest absolute Gasteiger partial charge is 0.0945 e. The largest absolute Gasteiger partial charge is 0.343 e. The summed E-state index contributed by atoms with van der Waals surface area (Å²) < 4.78 is 0. The molecule has 0 saturated carbocycles. The average molecular weight is 204 g/mol. The predicted molar refractivity (Wildman–Crippen MR) is 66.7 cm³/mol. The molecule has 1 aromatic rings. The van der Waals surface area contributed by atoms with Crippen molar-refractivity contribution in [3.63, 3.8) is 0 Å². The van der Waals surface area contributed by atoms with Crippen LogP contribution in [0.2, 0.25) is 0 Å². The molecule has 0 heterocycles. The van der Waals surface area contributed by atoms with Crippen molar-refractivity contribution < 1.29 is 5.32 Å². The number of quaternary nitrogens is 1. The van der Waals surface area contributed by atoms with E-state index in [0.717, 1.165) is 6.54 Å². The Kier molecular flexibility index (Phi) is 6.59. The quantitative estimate of drug-likeness (QED) is 0.657. The van der Waals surface area contributed by atoms with Gasteiger partial charge in [0.2, 0.25) is 0 Å². The number of unbranched alkanes of at least 4 members (excludes halogenated alkanes) is 2. The zero-order valence-corrected chi connectivity index (χ0v) is 9.65. The van der Waals surface area contributed by atoms with Crippen molar-refractivity contribution in [1.82, 2.24) is 0 Å². The van der Waals surface area contributed by atoms with Crippen LogP contribution in [0.25, 0.3) is 6.08 Å². The molecule has 0 saturated heterocycles. The summed E-state index contributed by atoms with van der Waals surface area (Å²) in [4.78, 5) is 0. The molecule has 0 fully saturated rings. The minimum absolute atomic E-state index is 1.10. The van der Waals surface area contributed by atoms with E-state index in [1.807, 2.05) is 6.07 Å². The molecule has 0 radical (unpaired) electrons. The molecule has 0 amide bonds. The van der Waals surface area contributed by atoms with Crippen LogP contribution in [0.3, 0.4) is 0 Å². The molecule has 1 heteroatoms. The van der Waals surface area contributed by atoms with Crippen LogP contribution in [0.5, 0.6) is 0 Å². The van der Waals surface area contributed by atoms with Crippen LogP contribution in [-0.2, 0) is 0 Å². The normalized spacial score (nSPS) is 11.0. The van der Waals surface area contributed by atoms with Gasteiger partial charge in [0.25, 0.3) is 0 Å². The highest BCUT2D eigenvalue weighted by atomic mass is 14.8. The lowest BCUT2D eigenvalue weighted by molar-refractivity contribution is -0.646. The van der Waals surface area contributed by atoms with E-state index in [9.17, 15) is 0 Å². The van der Waals surface area contributed by atoms with Crippen molar-refractivity contribution in [2.45, 2.75) is 26.2 Å². The average Bonchev–Trinajstić information content (AvgIpc) is 2.29. The second-order valence-corrected chi connectivity index (χ2v) is 3.83. The fraction of sp³-hybridized carbons (Fsp3) is 0.429. The van der Waals surface area contributed by atoms with E-state index in [0.29, 0.717) is 0 Å². The summed E-state index contributed by atoms with van der Waals surface area (Å²) in [6.07, 6.45) is 8.44. The SMILES string of the molecule is CCCCC[NH2+]C/C=C/c1ccccc1. The highest BCUT2D eigenvalue weighted by Crippen LogP contribution is 1.99. The van der Waals surface area contributed by atoms with Gasteiger partial charge in [0.15, 0.2) is 0 Å². The molecular weight excluding hydrogens is 182 g/mol. The van der Waals surface area contributed by atoms with Crippen molar-refractivity contribution in [2.75, 3.05) is 13.1 Å². The molecule has 15 heavy (non-hydrogen) atoms. The van der Waals surface area contributed by atoms with Crippen LogP contribution >= 0.6 is 0 Å². The second-order valence-electron chi connectivity index (χ2n) is 3.83. The third-order valence-corrected chi connectivity index (χ3v) is 2.42. The maximum atomic E-state index is 2.37. The predicted octanol–water partition coefficient (Wildman–Crippen LogP) is 2.45. The Morgan fingerprint density at radius 1 is 1.13 bits per heavy atom. The van der Waals surface area contributed by atoms with Crippen molar-refractivity contribution in [2.24, 2.45) is 0 Å². The Balaban J connectivity index is 2.07. The molecule has 0 aliphatic carbocycles. The summed E-state index contributed by atoms with van der Waals surface area (Å²) in [6.45, 7) is 4.60. The van der Waals surface area contributed by atoms with E-state index in [-0.39, 0.29) is 0 Å². The molecule has 1 nitrogen and oxygen atoms in total. The van der Waals surface area contributed by atoms with Gasteiger partial charge in [0, 0.05) is 0 Å². The Morgan fingerprint density at radius 2 is 1.93 bits per heavy atom. The highest BCUT2D eigenvalue weighted by molar-refractivity contribution is 5.48. The van der Waals surface area contributed by atoms with Gasteiger partial charge in [-0.25, -0.2) is 0 Å². The molecule has 1 aromatic carbocycles. The number of nitrogens with two attached hydrogens (primary N) is 1. The van der Waals surface area contributed by atoms with E-state index in [2.05, 4.69) is 48.7 Å². The molecular formula is C14H22N+. The molecule has 0 aliphatic heterocycles. The van der Waals surface area contributed by atoms with Crippen LogP contribution < -0.4 is 5.32 Å². The topological polar surface area (TPSA) is 16.6 Å². The lowest BCUT2D eigenvalue weighted by Gasteiger charge is -1.96.